The third-order valence-electron chi connectivity index (χ3n) is 4.31. The number of fused-ring (bicyclic) bond motifs is 2. The zero-order valence-electron chi connectivity index (χ0n) is 14.0. The summed E-state index contributed by atoms with van der Waals surface area (Å²) in [5, 5.41) is 7.33. The number of carbonyl (C=O) groups excluding carboxylic acids is 1. The summed E-state index contributed by atoms with van der Waals surface area (Å²) in [6, 6.07) is 7.85. The van der Waals surface area contributed by atoms with Crippen LogP contribution in [0.15, 0.2) is 36.8 Å². The van der Waals surface area contributed by atoms with Gasteiger partial charge in [0.25, 0.3) is 5.91 Å². The predicted octanol–water partition coefficient (Wildman–Crippen LogP) is 3.10. The Kier molecular flexibility index (Phi) is 3.76. The Morgan fingerprint density at radius 1 is 1.24 bits per heavy atom. The van der Waals surface area contributed by atoms with E-state index in [0.29, 0.717) is 17.4 Å². The number of aromatic amines is 1. The third kappa shape index (κ3) is 2.88. The molecule has 25 heavy (non-hydrogen) atoms. The smallest absolute Gasteiger partial charge is 0.262 e. The second-order valence-corrected chi connectivity index (χ2v) is 6.42. The molecule has 2 aromatic heterocycles. The monoisotopic (exact) mass is 337 g/mol. The lowest BCUT2D eigenvalue weighted by Crippen LogP contribution is -2.26. The fourth-order valence-corrected chi connectivity index (χ4v) is 3.06. The molecule has 0 radical (unpaired) electrons. The third-order valence-corrected chi connectivity index (χ3v) is 4.31. The molecule has 4 rings (SSSR count). The fraction of sp³-hybridized carbons (Fsp3) is 0.278. The van der Waals surface area contributed by atoms with Gasteiger partial charge in [0, 0.05) is 6.20 Å². The maximum atomic E-state index is 11.6. The van der Waals surface area contributed by atoms with Crippen molar-refractivity contribution in [1.82, 2.24) is 15.0 Å². The number of benzene rings is 1. The molecule has 3 N–H and O–H groups in total. The van der Waals surface area contributed by atoms with Crippen LogP contribution in [0, 0.1) is 5.92 Å². The second-order valence-electron chi connectivity index (χ2n) is 6.42. The van der Waals surface area contributed by atoms with Crippen molar-refractivity contribution < 1.29 is 9.53 Å². The Labute approximate surface area is 144 Å². The maximum Gasteiger partial charge on any atom is 0.262 e. The van der Waals surface area contributed by atoms with E-state index in [9.17, 15) is 4.79 Å². The minimum Gasteiger partial charge on any atom is -0.482 e. The number of H-pyrrole nitrogens is 1. The lowest BCUT2D eigenvalue weighted by atomic mass is 9.95. The average Bonchev–Trinajstić information content (AvgIpc) is 3.08. The van der Waals surface area contributed by atoms with Crippen molar-refractivity contribution in [3.63, 3.8) is 0 Å². The van der Waals surface area contributed by atoms with E-state index in [1.54, 1.807) is 6.33 Å². The van der Waals surface area contributed by atoms with Crippen LogP contribution in [-0.4, -0.2) is 27.5 Å². The molecule has 0 fully saturated rings. The van der Waals surface area contributed by atoms with Crippen molar-refractivity contribution >= 4 is 28.4 Å². The molecule has 1 atom stereocenters. The van der Waals surface area contributed by atoms with E-state index >= 15 is 0 Å². The van der Waals surface area contributed by atoms with Gasteiger partial charge < -0.3 is 20.4 Å². The van der Waals surface area contributed by atoms with Crippen LogP contribution in [0.5, 0.6) is 5.75 Å². The van der Waals surface area contributed by atoms with Crippen molar-refractivity contribution in [1.29, 1.82) is 0 Å². The van der Waals surface area contributed by atoms with Crippen molar-refractivity contribution in [2.45, 2.75) is 19.9 Å². The van der Waals surface area contributed by atoms with Crippen molar-refractivity contribution in [2.75, 3.05) is 17.2 Å². The minimum absolute atomic E-state index is 0.0251. The molecule has 0 saturated heterocycles. The van der Waals surface area contributed by atoms with Gasteiger partial charge in [-0.2, -0.15) is 0 Å². The molecular weight excluding hydrogens is 318 g/mol. The Morgan fingerprint density at radius 2 is 2.12 bits per heavy atom. The summed E-state index contributed by atoms with van der Waals surface area (Å²) in [5.41, 5.74) is 2.56. The van der Waals surface area contributed by atoms with E-state index in [2.05, 4.69) is 39.4 Å². The molecule has 128 valence electrons. The molecule has 1 amide bonds. The molecule has 0 spiro atoms. The topological polar surface area (TPSA) is 91.9 Å². The van der Waals surface area contributed by atoms with Gasteiger partial charge in [-0.05, 0) is 29.7 Å². The first-order chi connectivity index (χ1) is 12.1. The number of anilines is 2. The van der Waals surface area contributed by atoms with Gasteiger partial charge in [0.05, 0.1) is 17.1 Å². The van der Waals surface area contributed by atoms with E-state index in [1.807, 2.05) is 30.5 Å². The predicted molar refractivity (Wildman–Crippen MR) is 95.7 cm³/mol. The SMILES string of the molecule is CC(C)[C@@H](Nc1ncnc2[nH]ccc12)c1ccc2c(c1)NC(=O)CO2. The van der Waals surface area contributed by atoms with Crippen LogP contribution in [0.3, 0.4) is 0 Å². The van der Waals surface area contributed by atoms with Crippen LogP contribution in [-0.2, 0) is 4.79 Å². The highest BCUT2D eigenvalue weighted by Crippen LogP contribution is 2.34. The molecule has 7 heteroatoms. The van der Waals surface area contributed by atoms with Crippen LogP contribution in [0.1, 0.15) is 25.5 Å². The molecule has 1 aliphatic rings. The Bertz CT molecular complexity index is 934. The summed E-state index contributed by atoms with van der Waals surface area (Å²) >= 11 is 0. The number of hydrogen-bond donors (Lipinski definition) is 3. The summed E-state index contributed by atoms with van der Waals surface area (Å²) in [5.74, 6) is 1.65. The molecular formula is C18H19N5O2. The molecule has 3 heterocycles. The number of rotatable bonds is 4. The van der Waals surface area contributed by atoms with Gasteiger partial charge in [-0.1, -0.05) is 19.9 Å². The highest BCUT2D eigenvalue weighted by molar-refractivity contribution is 5.95. The summed E-state index contributed by atoms with van der Waals surface area (Å²) in [7, 11) is 0. The summed E-state index contributed by atoms with van der Waals surface area (Å²) in [4.78, 5) is 23.3. The number of aromatic nitrogens is 3. The molecule has 7 nitrogen and oxygen atoms in total. The van der Waals surface area contributed by atoms with E-state index < -0.39 is 0 Å². The number of carbonyl (C=O) groups is 1. The van der Waals surface area contributed by atoms with Crippen LogP contribution in [0.2, 0.25) is 0 Å². The molecule has 0 saturated carbocycles. The summed E-state index contributed by atoms with van der Waals surface area (Å²) < 4.78 is 5.44. The highest BCUT2D eigenvalue weighted by atomic mass is 16.5. The lowest BCUT2D eigenvalue weighted by molar-refractivity contribution is -0.118. The van der Waals surface area contributed by atoms with Crippen LogP contribution in [0.25, 0.3) is 11.0 Å². The maximum absolute atomic E-state index is 11.6. The Balaban J connectivity index is 1.69. The normalized spacial score (nSPS) is 14.8. The van der Waals surface area contributed by atoms with E-state index in [4.69, 9.17) is 4.74 Å². The van der Waals surface area contributed by atoms with Gasteiger partial charge in [-0.3, -0.25) is 4.79 Å². The van der Waals surface area contributed by atoms with Gasteiger partial charge in [-0.15, -0.1) is 0 Å². The van der Waals surface area contributed by atoms with Crippen molar-refractivity contribution in [3.8, 4) is 5.75 Å². The van der Waals surface area contributed by atoms with Crippen molar-refractivity contribution in [2.24, 2.45) is 5.92 Å². The summed E-state index contributed by atoms with van der Waals surface area (Å²) in [6.45, 7) is 4.34. The number of nitrogens with zero attached hydrogens (tertiary/aromatic N) is 2. The molecule has 3 aromatic rings. The van der Waals surface area contributed by atoms with Gasteiger partial charge in [0.2, 0.25) is 0 Å². The first-order valence-electron chi connectivity index (χ1n) is 8.23. The largest absolute Gasteiger partial charge is 0.482 e. The Morgan fingerprint density at radius 3 is 2.96 bits per heavy atom. The number of nitrogens with one attached hydrogen (secondary N) is 3. The zero-order valence-corrected chi connectivity index (χ0v) is 14.0. The van der Waals surface area contributed by atoms with Crippen molar-refractivity contribution in [3.05, 3.63) is 42.4 Å². The van der Waals surface area contributed by atoms with Crippen LogP contribution < -0.4 is 15.4 Å². The van der Waals surface area contributed by atoms with Gasteiger partial charge in [0.15, 0.2) is 6.61 Å². The summed E-state index contributed by atoms with van der Waals surface area (Å²) in [6.07, 6.45) is 3.39. The lowest BCUT2D eigenvalue weighted by Gasteiger charge is -2.26. The number of hydrogen-bond acceptors (Lipinski definition) is 5. The zero-order chi connectivity index (χ0) is 17.4. The number of amides is 1. The van der Waals surface area contributed by atoms with Gasteiger partial charge in [-0.25, -0.2) is 9.97 Å². The van der Waals surface area contributed by atoms with Crippen LogP contribution >= 0.6 is 0 Å². The first-order valence-corrected chi connectivity index (χ1v) is 8.23. The second kappa shape index (κ2) is 6.08. The minimum atomic E-state index is -0.136. The van der Waals surface area contributed by atoms with Gasteiger partial charge in [0.1, 0.15) is 23.5 Å². The molecule has 1 aliphatic heterocycles. The average molecular weight is 337 g/mol. The van der Waals surface area contributed by atoms with E-state index in [0.717, 1.165) is 22.4 Å². The quantitative estimate of drug-likeness (QED) is 0.680. The van der Waals surface area contributed by atoms with E-state index in [1.165, 1.54) is 0 Å². The molecule has 0 bridgehead atoms. The fourth-order valence-electron chi connectivity index (χ4n) is 3.06. The van der Waals surface area contributed by atoms with Crippen LogP contribution in [0.4, 0.5) is 11.5 Å². The Hall–Kier alpha value is -3.09. The standard InChI is InChI=1S/C18H19N5O2/c1-10(2)16(23-18-12-5-6-19-17(12)20-9-21-18)11-3-4-14-13(7-11)22-15(24)8-25-14/h3-7,9-10,16H,8H2,1-2H3,(H,22,24)(H2,19,20,21,23)/t16-/m1/s1. The first kappa shape index (κ1) is 15.4. The number of ether oxygens (including phenoxy) is 1. The molecule has 1 aromatic carbocycles. The van der Waals surface area contributed by atoms with Gasteiger partial charge >= 0.3 is 0 Å². The highest BCUT2D eigenvalue weighted by Gasteiger charge is 2.22. The molecule has 0 unspecified atom stereocenters. The van der Waals surface area contributed by atoms with E-state index in [-0.39, 0.29) is 18.6 Å². The molecule has 0 aliphatic carbocycles.